The number of likely N-dealkylation sites (N-methyl/N-ethyl adjacent to an activating group) is 1. The van der Waals surface area contributed by atoms with Crippen molar-refractivity contribution in [1.82, 2.24) is 14.9 Å². The number of hydrogen-bond acceptors (Lipinski definition) is 5. The molecule has 18 heavy (non-hydrogen) atoms. The lowest BCUT2D eigenvalue weighted by Gasteiger charge is -2.30. The Kier molecular flexibility index (Phi) is 3.96. The molecule has 1 amide bonds. The molecular weight excluding hydrogens is 232 g/mol. The van der Waals surface area contributed by atoms with Gasteiger partial charge >= 0.3 is 0 Å². The van der Waals surface area contributed by atoms with Gasteiger partial charge in [-0.2, -0.15) is 4.98 Å². The van der Waals surface area contributed by atoms with Crippen LogP contribution in [0.5, 0.6) is 5.88 Å². The molecular formula is C12H18N4O2. The third-order valence-electron chi connectivity index (χ3n) is 2.88. The number of nitrogens with zero attached hydrogens (tertiary/aromatic N) is 3. The van der Waals surface area contributed by atoms with Crippen LogP contribution >= 0.6 is 0 Å². The molecule has 1 aliphatic rings. The Bertz CT molecular complexity index is 424. The van der Waals surface area contributed by atoms with E-state index in [2.05, 4.69) is 15.3 Å². The van der Waals surface area contributed by atoms with Crippen molar-refractivity contribution in [2.24, 2.45) is 0 Å². The number of hydrogen-bond donors (Lipinski definition) is 1. The van der Waals surface area contributed by atoms with Crippen LogP contribution in [0.1, 0.15) is 19.8 Å². The van der Waals surface area contributed by atoms with Crippen LogP contribution in [0, 0.1) is 0 Å². The molecule has 2 rings (SSSR count). The van der Waals surface area contributed by atoms with Gasteiger partial charge in [-0.1, -0.05) is 0 Å². The average Bonchev–Trinajstić information content (AvgIpc) is 2.35. The molecule has 0 bridgehead atoms. The van der Waals surface area contributed by atoms with Crippen molar-refractivity contribution in [3.8, 4) is 5.88 Å². The van der Waals surface area contributed by atoms with E-state index in [1.165, 1.54) is 0 Å². The van der Waals surface area contributed by atoms with Crippen LogP contribution < -0.4 is 10.1 Å². The summed E-state index contributed by atoms with van der Waals surface area (Å²) in [5, 5.41) is 3.28. The molecule has 1 N–H and O–H groups in total. The largest absolute Gasteiger partial charge is 0.477 e. The molecule has 2 heterocycles. The summed E-state index contributed by atoms with van der Waals surface area (Å²) in [7, 11) is 1.82. The molecule has 1 aromatic heterocycles. The Morgan fingerprint density at radius 3 is 3.11 bits per heavy atom. The Morgan fingerprint density at radius 2 is 2.39 bits per heavy atom. The fraction of sp³-hybridized carbons (Fsp3) is 0.583. The highest BCUT2D eigenvalue weighted by Crippen LogP contribution is 2.15. The van der Waals surface area contributed by atoms with Gasteiger partial charge in [-0.25, -0.2) is 0 Å². The first-order chi connectivity index (χ1) is 8.69. The molecule has 1 aliphatic heterocycles. The van der Waals surface area contributed by atoms with Crippen molar-refractivity contribution in [1.29, 1.82) is 0 Å². The molecule has 0 saturated carbocycles. The maximum atomic E-state index is 11.4. The van der Waals surface area contributed by atoms with Crippen LogP contribution in [0.4, 0.5) is 5.82 Å². The lowest BCUT2D eigenvalue weighted by Crippen LogP contribution is -2.43. The molecule has 0 aliphatic carbocycles. The van der Waals surface area contributed by atoms with Crippen LogP contribution in [0.3, 0.4) is 0 Å². The Balaban J connectivity index is 1.96. The second-order valence-corrected chi connectivity index (χ2v) is 4.33. The number of amides is 1. The van der Waals surface area contributed by atoms with Gasteiger partial charge in [0.2, 0.25) is 11.8 Å². The highest BCUT2D eigenvalue weighted by atomic mass is 16.5. The van der Waals surface area contributed by atoms with Crippen LogP contribution in [0.25, 0.3) is 0 Å². The number of aromatic nitrogens is 2. The summed E-state index contributed by atoms with van der Waals surface area (Å²) in [4.78, 5) is 21.5. The quantitative estimate of drug-likeness (QED) is 0.860. The lowest BCUT2D eigenvalue weighted by molar-refractivity contribution is -0.132. The van der Waals surface area contributed by atoms with Crippen molar-refractivity contribution in [3.63, 3.8) is 0 Å². The van der Waals surface area contributed by atoms with Gasteiger partial charge in [-0.05, 0) is 13.3 Å². The van der Waals surface area contributed by atoms with Gasteiger partial charge in [-0.15, -0.1) is 0 Å². The molecule has 1 atom stereocenters. The number of rotatable bonds is 4. The summed E-state index contributed by atoms with van der Waals surface area (Å²) in [6.45, 7) is 3.17. The summed E-state index contributed by atoms with van der Waals surface area (Å²) >= 11 is 0. The Morgan fingerprint density at radius 1 is 1.56 bits per heavy atom. The van der Waals surface area contributed by atoms with E-state index in [1.54, 1.807) is 17.3 Å². The minimum atomic E-state index is 0.196. The van der Waals surface area contributed by atoms with Gasteiger partial charge in [0.05, 0.1) is 19.0 Å². The normalized spacial score (nSPS) is 19.8. The number of carbonyl (C=O) groups is 1. The lowest BCUT2D eigenvalue weighted by atomic mass is 10.1. The minimum Gasteiger partial charge on any atom is -0.477 e. The summed E-state index contributed by atoms with van der Waals surface area (Å²) in [5.74, 6) is 1.40. The summed E-state index contributed by atoms with van der Waals surface area (Å²) in [6, 6.07) is 0.221. The maximum absolute atomic E-state index is 11.4. The van der Waals surface area contributed by atoms with E-state index >= 15 is 0 Å². The van der Waals surface area contributed by atoms with Gasteiger partial charge in [0.1, 0.15) is 5.82 Å². The van der Waals surface area contributed by atoms with Crippen molar-refractivity contribution in [2.45, 2.75) is 25.8 Å². The first-order valence-electron chi connectivity index (χ1n) is 6.14. The fourth-order valence-electron chi connectivity index (χ4n) is 1.97. The number of anilines is 1. The fourth-order valence-corrected chi connectivity index (χ4v) is 1.97. The van der Waals surface area contributed by atoms with E-state index in [0.29, 0.717) is 31.3 Å². The van der Waals surface area contributed by atoms with Gasteiger partial charge < -0.3 is 15.0 Å². The van der Waals surface area contributed by atoms with E-state index in [9.17, 15) is 4.79 Å². The van der Waals surface area contributed by atoms with E-state index in [0.717, 1.165) is 6.42 Å². The van der Waals surface area contributed by atoms with Crippen LogP contribution in [0.15, 0.2) is 12.4 Å². The van der Waals surface area contributed by atoms with Crippen molar-refractivity contribution in [3.05, 3.63) is 12.4 Å². The molecule has 0 spiro atoms. The topological polar surface area (TPSA) is 67.3 Å². The summed E-state index contributed by atoms with van der Waals surface area (Å²) in [5.41, 5.74) is 0. The number of carbonyl (C=O) groups excluding carboxylic acids is 1. The van der Waals surface area contributed by atoms with Crippen molar-refractivity contribution >= 4 is 11.7 Å². The van der Waals surface area contributed by atoms with Gasteiger partial charge in [0.25, 0.3) is 0 Å². The van der Waals surface area contributed by atoms with Crippen molar-refractivity contribution in [2.75, 3.05) is 25.5 Å². The third-order valence-corrected chi connectivity index (χ3v) is 2.88. The monoisotopic (exact) mass is 250 g/mol. The Hall–Kier alpha value is -1.85. The first-order valence-corrected chi connectivity index (χ1v) is 6.14. The van der Waals surface area contributed by atoms with Crippen LogP contribution in [-0.2, 0) is 4.79 Å². The molecule has 98 valence electrons. The Labute approximate surface area is 106 Å². The minimum absolute atomic E-state index is 0.196. The highest BCUT2D eigenvalue weighted by molar-refractivity contribution is 5.76. The SMILES string of the molecule is CCOc1cncc(N[C@H]2CCC(=O)N(C)C2)n1. The predicted molar refractivity (Wildman–Crippen MR) is 67.5 cm³/mol. The number of piperidine rings is 1. The van der Waals surface area contributed by atoms with E-state index in [1.807, 2.05) is 14.0 Å². The predicted octanol–water partition coefficient (Wildman–Crippen LogP) is 0.908. The zero-order chi connectivity index (χ0) is 13.0. The first kappa shape index (κ1) is 12.6. The van der Waals surface area contributed by atoms with Gasteiger partial charge in [0.15, 0.2) is 0 Å². The third kappa shape index (κ3) is 3.09. The molecule has 0 radical (unpaired) electrons. The molecule has 1 saturated heterocycles. The number of ether oxygens (including phenoxy) is 1. The van der Waals surface area contributed by atoms with Gasteiger partial charge in [-0.3, -0.25) is 9.78 Å². The second kappa shape index (κ2) is 5.66. The highest BCUT2D eigenvalue weighted by Gasteiger charge is 2.22. The van der Waals surface area contributed by atoms with Crippen LogP contribution in [0.2, 0.25) is 0 Å². The molecule has 1 aromatic rings. The summed E-state index contributed by atoms with van der Waals surface area (Å²) in [6.07, 6.45) is 4.65. The van der Waals surface area contributed by atoms with E-state index < -0.39 is 0 Å². The van der Waals surface area contributed by atoms with Gasteiger partial charge in [0, 0.05) is 26.1 Å². The molecule has 6 nitrogen and oxygen atoms in total. The van der Waals surface area contributed by atoms with E-state index in [-0.39, 0.29) is 11.9 Å². The average molecular weight is 250 g/mol. The molecule has 0 aromatic carbocycles. The standard InChI is InChI=1S/C12H18N4O2/c1-3-18-11-7-13-6-10(15-11)14-9-4-5-12(17)16(2)8-9/h6-7,9H,3-5,8H2,1-2H3,(H,14,15)/t9-/m0/s1. The molecule has 6 heteroatoms. The zero-order valence-electron chi connectivity index (χ0n) is 10.7. The summed E-state index contributed by atoms with van der Waals surface area (Å²) < 4.78 is 5.30. The van der Waals surface area contributed by atoms with Crippen LogP contribution in [-0.4, -0.2) is 47.0 Å². The number of nitrogens with one attached hydrogen (secondary N) is 1. The second-order valence-electron chi connectivity index (χ2n) is 4.33. The van der Waals surface area contributed by atoms with Crippen molar-refractivity contribution < 1.29 is 9.53 Å². The molecule has 1 fully saturated rings. The molecule has 0 unspecified atom stereocenters. The number of likely N-dealkylation sites (tertiary alicyclic amines) is 1. The van der Waals surface area contributed by atoms with E-state index in [4.69, 9.17) is 4.74 Å². The zero-order valence-corrected chi connectivity index (χ0v) is 10.7. The smallest absolute Gasteiger partial charge is 0.234 e. The maximum Gasteiger partial charge on any atom is 0.234 e.